The third kappa shape index (κ3) is 3.80. The number of rotatable bonds is 5. The van der Waals surface area contributed by atoms with Crippen molar-refractivity contribution in [3.8, 4) is 0 Å². The maximum Gasteiger partial charge on any atom is 0.225 e. The predicted octanol–water partition coefficient (Wildman–Crippen LogP) is 2.86. The lowest BCUT2D eigenvalue weighted by molar-refractivity contribution is 0.419. The zero-order valence-electron chi connectivity index (χ0n) is 12.5. The van der Waals surface area contributed by atoms with Crippen molar-refractivity contribution >= 4 is 17.3 Å². The van der Waals surface area contributed by atoms with Gasteiger partial charge in [-0.1, -0.05) is 6.92 Å². The first-order chi connectivity index (χ1) is 10.3. The molecule has 2 aromatic rings. The van der Waals surface area contributed by atoms with Crippen LogP contribution < -0.4 is 10.2 Å². The second-order valence-electron chi connectivity index (χ2n) is 5.44. The van der Waals surface area contributed by atoms with E-state index >= 15 is 0 Å². The van der Waals surface area contributed by atoms with E-state index in [1.54, 1.807) is 0 Å². The quantitative estimate of drug-likeness (QED) is 0.922. The van der Waals surface area contributed by atoms with Crippen LogP contribution in [0.25, 0.3) is 0 Å². The highest BCUT2D eigenvalue weighted by Gasteiger charge is 2.21. The zero-order chi connectivity index (χ0) is 14.5. The van der Waals surface area contributed by atoms with E-state index in [4.69, 9.17) is 0 Å². The Labute approximate surface area is 130 Å². The first kappa shape index (κ1) is 14.5. The largest absolute Gasteiger partial charge is 0.339 e. The number of piperidine rings is 1. The molecule has 1 unspecified atom stereocenters. The van der Waals surface area contributed by atoms with Crippen LogP contribution in [0.4, 0.5) is 5.95 Å². The Bertz CT molecular complexity index is 554. The molecule has 0 aromatic carbocycles. The van der Waals surface area contributed by atoms with Gasteiger partial charge >= 0.3 is 0 Å². The molecule has 3 heterocycles. The summed E-state index contributed by atoms with van der Waals surface area (Å²) in [5.74, 6) is 0.855. The fraction of sp³-hybridized carbons (Fsp3) is 0.500. The van der Waals surface area contributed by atoms with Gasteiger partial charge in [0.15, 0.2) is 0 Å². The molecule has 21 heavy (non-hydrogen) atoms. The van der Waals surface area contributed by atoms with Crippen LogP contribution in [-0.2, 0) is 13.0 Å². The van der Waals surface area contributed by atoms with Crippen LogP contribution in [0, 0.1) is 0 Å². The molecular weight excluding hydrogens is 280 g/mol. The number of hydrogen-bond donors (Lipinski definition) is 1. The van der Waals surface area contributed by atoms with Gasteiger partial charge in [-0.15, -0.1) is 11.3 Å². The molecule has 1 aliphatic heterocycles. The molecule has 0 amide bonds. The molecule has 0 aliphatic carbocycles. The molecule has 4 nitrogen and oxygen atoms in total. The van der Waals surface area contributed by atoms with Crippen LogP contribution >= 0.6 is 11.3 Å². The van der Waals surface area contributed by atoms with Crippen LogP contribution in [0.15, 0.2) is 30.6 Å². The van der Waals surface area contributed by atoms with Gasteiger partial charge in [0, 0.05) is 47.8 Å². The van der Waals surface area contributed by atoms with Gasteiger partial charge in [0.1, 0.15) is 0 Å². The van der Waals surface area contributed by atoms with Crippen LogP contribution in [0.2, 0.25) is 0 Å². The fourth-order valence-corrected chi connectivity index (χ4v) is 3.64. The molecule has 3 rings (SSSR count). The lowest BCUT2D eigenvalue weighted by Crippen LogP contribution is -2.46. The molecular formula is C16H22N4S. The number of hydrogen-bond acceptors (Lipinski definition) is 5. The van der Waals surface area contributed by atoms with E-state index in [2.05, 4.69) is 39.2 Å². The van der Waals surface area contributed by atoms with E-state index in [1.807, 2.05) is 29.8 Å². The second-order valence-corrected chi connectivity index (χ2v) is 6.69. The molecule has 1 saturated heterocycles. The maximum atomic E-state index is 4.36. The summed E-state index contributed by atoms with van der Waals surface area (Å²) in [6.07, 6.45) is 7.19. The van der Waals surface area contributed by atoms with Crippen LogP contribution in [0.1, 0.15) is 29.5 Å². The van der Waals surface area contributed by atoms with E-state index in [1.165, 1.54) is 22.6 Å². The predicted molar refractivity (Wildman–Crippen MR) is 87.8 cm³/mol. The Kier molecular flexibility index (Phi) is 4.83. The van der Waals surface area contributed by atoms with Crippen molar-refractivity contribution in [2.24, 2.45) is 0 Å². The van der Waals surface area contributed by atoms with Gasteiger partial charge < -0.3 is 10.2 Å². The van der Waals surface area contributed by atoms with E-state index in [0.29, 0.717) is 6.04 Å². The number of anilines is 1. The Balaban J connectivity index is 1.54. The van der Waals surface area contributed by atoms with Crippen molar-refractivity contribution in [2.45, 2.75) is 38.8 Å². The minimum Gasteiger partial charge on any atom is -0.339 e. The molecule has 112 valence electrons. The molecule has 5 heteroatoms. The number of nitrogens with zero attached hydrogens (tertiary/aromatic N) is 3. The number of nitrogens with one attached hydrogen (secondary N) is 1. The summed E-state index contributed by atoms with van der Waals surface area (Å²) in [5, 5.41) is 3.69. The summed E-state index contributed by atoms with van der Waals surface area (Å²) < 4.78 is 0. The summed E-state index contributed by atoms with van der Waals surface area (Å²) in [7, 11) is 0. The molecule has 0 spiro atoms. The van der Waals surface area contributed by atoms with E-state index in [0.717, 1.165) is 32.0 Å². The van der Waals surface area contributed by atoms with Crippen molar-refractivity contribution in [1.29, 1.82) is 0 Å². The lowest BCUT2D eigenvalue weighted by Gasteiger charge is -2.33. The van der Waals surface area contributed by atoms with Crippen molar-refractivity contribution in [3.05, 3.63) is 40.3 Å². The maximum absolute atomic E-state index is 4.36. The summed E-state index contributed by atoms with van der Waals surface area (Å²) >= 11 is 1.92. The van der Waals surface area contributed by atoms with Crippen molar-refractivity contribution in [3.63, 3.8) is 0 Å². The Morgan fingerprint density at radius 3 is 2.86 bits per heavy atom. The first-order valence-electron chi connectivity index (χ1n) is 7.68. The zero-order valence-corrected chi connectivity index (χ0v) is 13.3. The van der Waals surface area contributed by atoms with E-state index < -0.39 is 0 Å². The second kappa shape index (κ2) is 7.00. The van der Waals surface area contributed by atoms with Gasteiger partial charge in [0.25, 0.3) is 0 Å². The fourth-order valence-electron chi connectivity index (χ4n) is 2.73. The molecule has 0 radical (unpaired) electrons. The van der Waals surface area contributed by atoms with Crippen LogP contribution in [0.5, 0.6) is 0 Å². The molecule has 2 aromatic heterocycles. The highest BCUT2D eigenvalue weighted by Crippen LogP contribution is 2.19. The normalized spacial score (nSPS) is 18.9. The average molecular weight is 302 g/mol. The molecule has 1 aliphatic rings. The van der Waals surface area contributed by atoms with Gasteiger partial charge in [-0.2, -0.15) is 0 Å². The Morgan fingerprint density at radius 2 is 2.10 bits per heavy atom. The summed E-state index contributed by atoms with van der Waals surface area (Å²) in [4.78, 5) is 13.9. The van der Waals surface area contributed by atoms with Gasteiger partial charge in [-0.05, 0) is 37.5 Å². The molecule has 1 fully saturated rings. The van der Waals surface area contributed by atoms with Crippen molar-refractivity contribution in [1.82, 2.24) is 15.3 Å². The summed E-state index contributed by atoms with van der Waals surface area (Å²) in [5.41, 5.74) is 0. The monoisotopic (exact) mass is 302 g/mol. The third-order valence-electron chi connectivity index (χ3n) is 3.89. The average Bonchev–Trinajstić information content (AvgIpc) is 3.02. The lowest BCUT2D eigenvalue weighted by atomic mass is 10.1. The number of aromatic nitrogens is 2. The van der Waals surface area contributed by atoms with Crippen LogP contribution in [-0.4, -0.2) is 29.1 Å². The highest BCUT2D eigenvalue weighted by molar-refractivity contribution is 7.11. The van der Waals surface area contributed by atoms with Gasteiger partial charge in [-0.25, -0.2) is 9.97 Å². The molecule has 1 N–H and O–H groups in total. The van der Waals surface area contributed by atoms with Gasteiger partial charge in [0.2, 0.25) is 5.95 Å². The Morgan fingerprint density at radius 1 is 1.29 bits per heavy atom. The van der Waals surface area contributed by atoms with Crippen molar-refractivity contribution in [2.75, 3.05) is 18.0 Å². The number of aryl methyl sites for hydroxylation is 1. The molecule has 0 saturated carbocycles. The molecule has 1 atom stereocenters. The van der Waals surface area contributed by atoms with Gasteiger partial charge in [0.05, 0.1) is 0 Å². The standard InChI is InChI=1S/C16H22N4S/c1-2-14-6-7-15(21-14)11-19-13-5-3-10-20(12-13)16-17-8-4-9-18-16/h4,6-9,13,19H,2-3,5,10-12H2,1H3. The minimum atomic E-state index is 0.523. The third-order valence-corrected chi connectivity index (χ3v) is 5.12. The van der Waals surface area contributed by atoms with E-state index in [-0.39, 0.29) is 0 Å². The number of thiophene rings is 1. The topological polar surface area (TPSA) is 41.0 Å². The molecule has 0 bridgehead atoms. The highest BCUT2D eigenvalue weighted by atomic mass is 32.1. The summed E-state index contributed by atoms with van der Waals surface area (Å²) in [6.45, 7) is 5.23. The first-order valence-corrected chi connectivity index (χ1v) is 8.49. The minimum absolute atomic E-state index is 0.523. The van der Waals surface area contributed by atoms with E-state index in [9.17, 15) is 0 Å². The van der Waals surface area contributed by atoms with Gasteiger partial charge in [-0.3, -0.25) is 0 Å². The smallest absolute Gasteiger partial charge is 0.225 e. The summed E-state index contributed by atoms with van der Waals surface area (Å²) in [6, 6.07) is 6.88. The van der Waals surface area contributed by atoms with Crippen molar-refractivity contribution < 1.29 is 0 Å². The Hall–Kier alpha value is -1.46. The SMILES string of the molecule is CCc1ccc(CNC2CCCN(c3ncccn3)C2)s1. The van der Waals surface area contributed by atoms with Crippen LogP contribution in [0.3, 0.4) is 0 Å².